The second kappa shape index (κ2) is 12.2. The molecule has 0 radical (unpaired) electrons. The average molecular weight is 590 g/mol. The summed E-state index contributed by atoms with van der Waals surface area (Å²) in [6, 6.07) is 19.3. The van der Waals surface area contributed by atoms with Crippen LogP contribution in [0, 0.1) is 0 Å². The third-order valence-corrected chi connectivity index (χ3v) is 6.69. The smallest absolute Gasteiger partial charge is 0.248 e. The van der Waals surface area contributed by atoms with Gasteiger partial charge in [-0.25, -0.2) is 15.0 Å². The molecule has 4 aromatic rings. The number of carbonyl (C=O) groups excluding carboxylic acids is 4. The van der Waals surface area contributed by atoms with E-state index in [0.29, 0.717) is 28.7 Å². The Kier molecular flexibility index (Phi) is 8.02. The minimum Gasteiger partial charge on any atom is -0.366 e. The number of hydrazine groups is 1. The molecule has 0 saturated heterocycles. The predicted octanol–water partition coefficient (Wildman–Crippen LogP) is 2.48. The summed E-state index contributed by atoms with van der Waals surface area (Å²) in [5.74, 6) is -1.85. The summed E-state index contributed by atoms with van der Waals surface area (Å²) in [6.07, 6.45) is 8.27. The third kappa shape index (κ3) is 6.06. The number of allylic oxidation sites excluding steroid dienone is 2. The molecular weight excluding hydrogens is 562 g/mol. The molecule has 13 heteroatoms. The molecule has 0 atom stereocenters. The van der Waals surface area contributed by atoms with Crippen molar-refractivity contribution in [3.8, 4) is 0 Å². The van der Waals surface area contributed by atoms with Crippen LogP contribution in [0.4, 0.5) is 23.0 Å². The van der Waals surface area contributed by atoms with Crippen molar-refractivity contribution in [2.24, 2.45) is 22.9 Å². The summed E-state index contributed by atoms with van der Waals surface area (Å²) in [7, 11) is 0. The topological polar surface area (TPSA) is 208 Å². The fourth-order valence-electron chi connectivity index (χ4n) is 4.64. The van der Waals surface area contributed by atoms with E-state index < -0.39 is 23.6 Å². The number of anilines is 4. The van der Waals surface area contributed by atoms with E-state index in [1.807, 2.05) is 6.08 Å². The highest BCUT2D eigenvalue weighted by atomic mass is 16.2. The zero-order valence-corrected chi connectivity index (χ0v) is 23.2. The molecule has 0 aliphatic carbocycles. The molecule has 1 aliphatic rings. The molecule has 44 heavy (non-hydrogen) atoms. The first-order valence-corrected chi connectivity index (χ1v) is 13.2. The van der Waals surface area contributed by atoms with Crippen molar-refractivity contribution in [3.05, 3.63) is 131 Å². The van der Waals surface area contributed by atoms with Gasteiger partial charge >= 0.3 is 0 Å². The largest absolute Gasteiger partial charge is 0.366 e. The predicted molar refractivity (Wildman–Crippen MR) is 164 cm³/mol. The molecular formula is C31H27N9O4. The molecule has 0 fully saturated rings. The molecule has 3 heterocycles. The maximum absolute atomic E-state index is 12.1. The lowest BCUT2D eigenvalue weighted by Gasteiger charge is -2.39. The fourth-order valence-corrected chi connectivity index (χ4v) is 4.64. The van der Waals surface area contributed by atoms with Crippen molar-refractivity contribution in [3.63, 3.8) is 0 Å². The van der Waals surface area contributed by atoms with Gasteiger partial charge in [-0.3, -0.25) is 29.1 Å². The van der Waals surface area contributed by atoms with Crippen molar-refractivity contribution < 1.29 is 19.2 Å². The van der Waals surface area contributed by atoms with Crippen LogP contribution in [0.1, 0.15) is 41.4 Å². The van der Waals surface area contributed by atoms with Gasteiger partial charge in [0.15, 0.2) is 5.82 Å². The molecule has 2 aromatic heterocycles. The van der Waals surface area contributed by atoms with Crippen LogP contribution < -0.4 is 32.8 Å². The molecule has 5 rings (SSSR count). The van der Waals surface area contributed by atoms with Crippen molar-refractivity contribution >= 4 is 46.6 Å². The van der Waals surface area contributed by atoms with Gasteiger partial charge in [0, 0.05) is 52.2 Å². The van der Waals surface area contributed by atoms with Gasteiger partial charge in [-0.1, -0.05) is 12.1 Å². The quantitative estimate of drug-likeness (QED) is 0.214. The normalized spacial score (nSPS) is 12.3. The highest BCUT2D eigenvalue weighted by Crippen LogP contribution is 2.34. The number of nitrogens with zero attached hydrogens (tertiary/aromatic N) is 5. The summed E-state index contributed by atoms with van der Waals surface area (Å²) in [5.41, 5.74) is 24.9. The Bertz CT molecular complexity index is 1740. The van der Waals surface area contributed by atoms with Crippen LogP contribution >= 0.6 is 0 Å². The molecule has 2 aromatic carbocycles. The van der Waals surface area contributed by atoms with Crippen LogP contribution in [0.3, 0.4) is 0 Å². The Morgan fingerprint density at radius 2 is 1.14 bits per heavy atom. The first kappa shape index (κ1) is 29.0. The molecule has 8 N–H and O–H groups in total. The van der Waals surface area contributed by atoms with Crippen LogP contribution in [0.5, 0.6) is 0 Å². The molecule has 0 unspecified atom stereocenters. The van der Waals surface area contributed by atoms with Gasteiger partial charge in [0.25, 0.3) is 0 Å². The first-order valence-electron chi connectivity index (χ1n) is 13.2. The number of rotatable bonds is 10. The summed E-state index contributed by atoms with van der Waals surface area (Å²) in [6.45, 7) is 0.170. The van der Waals surface area contributed by atoms with Crippen LogP contribution in [-0.2, 0) is 0 Å². The van der Waals surface area contributed by atoms with E-state index in [2.05, 4.69) is 9.97 Å². The van der Waals surface area contributed by atoms with E-state index in [9.17, 15) is 19.2 Å². The average Bonchev–Trinajstić information content (AvgIpc) is 3.02. The summed E-state index contributed by atoms with van der Waals surface area (Å²) < 4.78 is 0. The van der Waals surface area contributed by atoms with Gasteiger partial charge in [-0.2, -0.15) is 0 Å². The number of hydrogen-bond donors (Lipinski definition) is 4. The Morgan fingerprint density at radius 3 is 1.73 bits per heavy atom. The molecule has 13 nitrogen and oxygen atoms in total. The highest BCUT2D eigenvalue weighted by Gasteiger charge is 2.26. The zero-order valence-electron chi connectivity index (χ0n) is 23.2. The minimum atomic E-state index is -0.643. The molecule has 4 amide bonds. The molecule has 1 aliphatic heterocycles. The Morgan fingerprint density at radius 1 is 0.636 bits per heavy atom. The van der Waals surface area contributed by atoms with E-state index in [0.717, 1.165) is 0 Å². The lowest BCUT2D eigenvalue weighted by Crippen LogP contribution is -2.41. The lowest BCUT2D eigenvalue weighted by molar-refractivity contribution is 0.0991. The highest BCUT2D eigenvalue weighted by molar-refractivity contribution is 5.96. The van der Waals surface area contributed by atoms with Crippen molar-refractivity contribution in [2.75, 3.05) is 16.5 Å². The number of nitrogens with two attached hydrogens (primary N) is 4. The van der Waals surface area contributed by atoms with Crippen molar-refractivity contribution in [1.29, 1.82) is 0 Å². The third-order valence-electron chi connectivity index (χ3n) is 6.69. The Hall–Kier alpha value is -6.50. The van der Waals surface area contributed by atoms with Crippen molar-refractivity contribution in [1.82, 2.24) is 15.0 Å². The fraction of sp³-hybridized carbons (Fsp3) is 0.0323. The lowest BCUT2D eigenvalue weighted by atomic mass is 10.1. The summed E-state index contributed by atoms with van der Waals surface area (Å²) in [5, 5.41) is 3.47. The molecule has 0 saturated carbocycles. The van der Waals surface area contributed by atoms with Gasteiger partial charge < -0.3 is 22.9 Å². The maximum Gasteiger partial charge on any atom is 0.248 e. The molecule has 220 valence electrons. The second-order valence-electron chi connectivity index (χ2n) is 9.61. The standard InChI is InChI=1S/C31H27N9O4/c32-28(41)19-4-1-6-23(14-19)39(26-16-21(30(34)43)9-11-36-26)25-8-3-13-38(18-25)40(24-7-2-5-20(15-24)29(33)42)27-17-22(31(35)44)10-12-37-27/h1-17H,18H2,(H2,32,41)(H2,33,42)(H2,34,43)(H2,35,44). The van der Waals surface area contributed by atoms with Gasteiger partial charge in [-0.15, -0.1) is 0 Å². The van der Waals surface area contributed by atoms with Crippen LogP contribution in [-0.4, -0.2) is 45.2 Å². The van der Waals surface area contributed by atoms with Gasteiger partial charge in [-0.05, 0) is 72.8 Å². The Balaban J connectivity index is 1.63. The van der Waals surface area contributed by atoms with E-state index in [-0.39, 0.29) is 28.8 Å². The maximum atomic E-state index is 12.1. The molecule has 0 bridgehead atoms. The summed E-state index contributed by atoms with van der Waals surface area (Å²) in [4.78, 5) is 58.9. The van der Waals surface area contributed by atoms with E-state index in [1.54, 1.807) is 75.7 Å². The Labute approximate surface area is 251 Å². The monoisotopic (exact) mass is 589 g/mol. The zero-order chi connectivity index (χ0) is 31.4. The number of amides is 4. The number of benzene rings is 2. The minimum absolute atomic E-state index is 0.170. The second-order valence-corrected chi connectivity index (χ2v) is 9.61. The van der Waals surface area contributed by atoms with Gasteiger partial charge in [0.2, 0.25) is 23.6 Å². The van der Waals surface area contributed by atoms with Crippen molar-refractivity contribution in [2.45, 2.75) is 0 Å². The van der Waals surface area contributed by atoms with E-state index in [1.165, 1.54) is 36.7 Å². The number of primary amides is 4. The number of pyridine rings is 2. The summed E-state index contributed by atoms with van der Waals surface area (Å²) >= 11 is 0. The van der Waals surface area contributed by atoms with Crippen LogP contribution in [0.25, 0.3) is 0 Å². The van der Waals surface area contributed by atoms with Gasteiger partial charge in [0.05, 0.1) is 12.2 Å². The number of hydrogen-bond acceptors (Lipinski definition) is 9. The van der Waals surface area contributed by atoms with Gasteiger partial charge in [0.1, 0.15) is 5.82 Å². The number of aromatic nitrogens is 2. The number of carbonyl (C=O) groups is 4. The first-order chi connectivity index (χ1) is 21.1. The van der Waals surface area contributed by atoms with Crippen LogP contribution in [0.2, 0.25) is 0 Å². The van der Waals surface area contributed by atoms with E-state index >= 15 is 0 Å². The SMILES string of the molecule is NC(=O)c1cccc(N(C2=CC=CN(N(c3cccc(C(N)=O)c3)c3cc(C(N)=O)ccn3)C2)c2cc(C(N)=O)ccn2)c1. The molecule has 0 spiro atoms. The van der Waals surface area contributed by atoms with E-state index in [4.69, 9.17) is 22.9 Å². The van der Waals surface area contributed by atoms with Crippen LogP contribution in [0.15, 0.2) is 109 Å².